The molecule has 0 saturated carbocycles. The van der Waals surface area contributed by atoms with Crippen molar-refractivity contribution in [1.82, 2.24) is 0 Å². The zero-order chi connectivity index (χ0) is 15.0. The van der Waals surface area contributed by atoms with Gasteiger partial charge in [0.15, 0.2) is 6.29 Å². The number of azide groups is 1. The maximum absolute atomic E-state index is 9.85. The molecule has 0 bridgehead atoms. The molecule has 1 aliphatic rings. The maximum Gasteiger partial charge on any atom is 0.184 e. The molecule has 1 unspecified atom stereocenters. The van der Waals surface area contributed by atoms with Crippen LogP contribution >= 0.6 is 0 Å². The predicted octanol–water partition coefficient (Wildman–Crippen LogP) is -0.717. The lowest BCUT2D eigenvalue weighted by Gasteiger charge is -2.39. The van der Waals surface area contributed by atoms with Crippen molar-refractivity contribution in [3.05, 3.63) is 10.4 Å². The van der Waals surface area contributed by atoms with E-state index in [4.69, 9.17) is 20.1 Å². The number of aliphatic hydroxyl groups excluding tert-OH is 4. The highest BCUT2D eigenvalue weighted by Gasteiger charge is 2.44. The van der Waals surface area contributed by atoms with Crippen LogP contribution in [0, 0.1) is 0 Å². The molecule has 20 heavy (non-hydrogen) atoms. The third-order valence-corrected chi connectivity index (χ3v) is 3.12. The van der Waals surface area contributed by atoms with Crippen molar-refractivity contribution in [3.8, 4) is 0 Å². The molecule has 4 N–H and O–H groups in total. The monoisotopic (exact) mass is 291 g/mol. The van der Waals surface area contributed by atoms with Crippen LogP contribution in [0.15, 0.2) is 5.11 Å². The van der Waals surface area contributed by atoms with Crippen LogP contribution in [0.4, 0.5) is 0 Å². The summed E-state index contributed by atoms with van der Waals surface area (Å²) in [6.07, 6.45) is -3.88. The van der Waals surface area contributed by atoms with Crippen LogP contribution in [0.2, 0.25) is 0 Å². The summed E-state index contributed by atoms with van der Waals surface area (Å²) in [7, 11) is 0. The Kier molecular flexibility index (Phi) is 7.78. The van der Waals surface area contributed by atoms with Crippen LogP contribution in [0.25, 0.3) is 10.4 Å². The van der Waals surface area contributed by atoms with Crippen molar-refractivity contribution in [2.24, 2.45) is 5.11 Å². The lowest BCUT2D eigenvalue weighted by atomic mass is 9.99. The number of rotatable bonds is 8. The zero-order valence-electron chi connectivity index (χ0n) is 11.1. The largest absolute Gasteiger partial charge is 0.394 e. The first-order valence-electron chi connectivity index (χ1n) is 6.54. The van der Waals surface area contributed by atoms with Crippen LogP contribution in [0.3, 0.4) is 0 Å². The Labute approximate surface area is 116 Å². The van der Waals surface area contributed by atoms with Crippen LogP contribution < -0.4 is 0 Å². The summed E-state index contributed by atoms with van der Waals surface area (Å²) in [5.74, 6) is 0. The topological polar surface area (TPSA) is 148 Å². The Morgan fingerprint density at radius 3 is 2.55 bits per heavy atom. The van der Waals surface area contributed by atoms with E-state index in [1.165, 1.54) is 0 Å². The Hall–Kier alpha value is -0.930. The highest BCUT2D eigenvalue weighted by atomic mass is 16.6. The minimum absolute atomic E-state index is 0.278. The lowest BCUT2D eigenvalue weighted by molar-refractivity contribution is -0.294. The fourth-order valence-electron chi connectivity index (χ4n) is 1.99. The van der Waals surface area contributed by atoms with Crippen LogP contribution in [-0.2, 0) is 9.47 Å². The molecule has 1 aliphatic heterocycles. The highest BCUT2D eigenvalue weighted by molar-refractivity contribution is 4.89. The number of aliphatic hydroxyl groups is 4. The summed E-state index contributed by atoms with van der Waals surface area (Å²) in [4.78, 5) is 2.64. The van der Waals surface area contributed by atoms with E-state index >= 15 is 0 Å². The minimum atomic E-state index is -1.49. The van der Waals surface area contributed by atoms with Gasteiger partial charge in [-0.15, -0.1) is 0 Å². The third kappa shape index (κ3) is 4.88. The van der Waals surface area contributed by atoms with E-state index in [-0.39, 0.29) is 6.61 Å². The van der Waals surface area contributed by atoms with Gasteiger partial charge in [-0.3, -0.25) is 0 Å². The van der Waals surface area contributed by atoms with Crippen molar-refractivity contribution >= 4 is 0 Å². The summed E-state index contributed by atoms with van der Waals surface area (Å²) in [6.45, 7) is 0.223. The second-order valence-corrected chi connectivity index (χ2v) is 4.58. The first kappa shape index (κ1) is 17.1. The van der Waals surface area contributed by atoms with Gasteiger partial charge in [0.25, 0.3) is 0 Å². The summed E-state index contributed by atoms with van der Waals surface area (Å²) < 4.78 is 10.2. The van der Waals surface area contributed by atoms with Gasteiger partial charge in [-0.1, -0.05) is 11.5 Å². The first-order valence-corrected chi connectivity index (χ1v) is 6.54. The van der Waals surface area contributed by atoms with Gasteiger partial charge in [-0.05, 0) is 18.4 Å². The molecule has 0 amide bonds. The van der Waals surface area contributed by atoms with Crippen molar-refractivity contribution in [2.75, 3.05) is 19.8 Å². The molecule has 0 aromatic carbocycles. The van der Waals surface area contributed by atoms with Gasteiger partial charge >= 0.3 is 0 Å². The van der Waals surface area contributed by atoms with E-state index in [1.807, 2.05) is 0 Å². The second kappa shape index (κ2) is 9.09. The van der Waals surface area contributed by atoms with Gasteiger partial charge in [0, 0.05) is 18.1 Å². The fourth-order valence-corrected chi connectivity index (χ4v) is 1.99. The number of hydrogen-bond acceptors (Lipinski definition) is 7. The molecular formula is C11H21N3O6. The minimum Gasteiger partial charge on any atom is -0.394 e. The van der Waals surface area contributed by atoms with E-state index in [9.17, 15) is 15.3 Å². The van der Waals surface area contributed by atoms with E-state index < -0.39 is 37.3 Å². The van der Waals surface area contributed by atoms with E-state index in [2.05, 4.69) is 10.0 Å². The Bertz CT molecular complexity index is 325. The summed E-state index contributed by atoms with van der Waals surface area (Å²) >= 11 is 0. The average molecular weight is 291 g/mol. The van der Waals surface area contributed by atoms with Gasteiger partial charge in [-0.2, -0.15) is 0 Å². The van der Waals surface area contributed by atoms with Crippen LogP contribution in [-0.4, -0.2) is 70.9 Å². The van der Waals surface area contributed by atoms with Gasteiger partial charge in [0.05, 0.1) is 6.61 Å². The number of ether oxygens (including phenoxy) is 2. The number of hydrogen-bond donors (Lipinski definition) is 4. The van der Waals surface area contributed by atoms with Gasteiger partial charge in [0.2, 0.25) is 0 Å². The average Bonchev–Trinajstić information content (AvgIpc) is 2.45. The highest BCUT2D eigenvalue weighted by Crippen LogP contribution is 2.22. The molecule has 5 atom stereocenters. The molecule has 9 nitrogen and oxygen atoms in total. The molecule has 0 spiro atoms. The smallest absolute Gasteiger partial charge is 0.184 e. The van der Waals surface area contributed by atoms with Gasteiger partial charge in [-0.25, -0.2) is 0 Å². The Balaban J connectivity index is 2.30. The van der Waals surface area contributed by atoms with Crippen molar-refractivity contribution in [3.63, 3.8) is 0 Å². The van der Waals surface area contributed by atoms with E-state index in [0.717, 1.165) is 12.8 Å². The van der Waals surface area contributed by atoms with E-state index in [1.54, 1.807) is 0 Å². The Morgan fingerprint density at radius 1 is 1.15 bits per heavy atom. The predicted molar refractivity (Wildman–Crippen MR) is 67.6 cm³/mol. The number of unbranched alkanes of at least 4 members (excludes halogenated alkanes) is 2. The molecule has 1 fully saturated rings. The van der Waals surface area contributed by atoms with Crippen molar-refractivity contribution in [1.29, 1.82) is 0 Å². The van der Waals surface area contributed by atoms with Crippen molar-refractivity contribution < 1.29 is 29.9 Å². The molecule has 9 heteroatoms. The summed E-state index contributed by atoms with van der Waals surface area (Å²) in [5.41, 5.74) is 8.09. The molecule has 0 aromatic heterocycles. The molecule has 0 aliphatic carbocycles. The van der Waals surface area contributed by atoms with E-state index in [0.29, 0.717) is 13.0 Å². The van der Waals surface area contributed by atoms with Crippen LogP contribution in [0.5, 0.6) is 0 Å². The van der Waals surface area contributed by atoms with Crippen molar-refractivity contribution in [2.45, 2.75) is 50.0 Å². The normalized spacial score (nSPS) is 33.7. The van der Waals surface area contributed by atoms with Gasteiger partial charge in [0.1, 0.15) is 24.4 Å². The zero-order valence-corrected chi connectivity index (χ0v) is 11.1. The third-order valence-electron chi connectivity index (χ3n) is 3.12. The standard InChI is InChI=1S/C11H21N3O6/c12-14-13-4-2-1-3-5-19-10-8(16)7(6-15)20-11(18)9(10)17/h7-11,15-18H,1-6H2/t7-,8-,9-,10+,11?/m1/s1. The molecular weight excluding hydrogens is 270 g/mol. The molecule has 0 aromatic rings. The molecule has 116 valence electrons. The molecule has 1 saturated heterocycles. The number of nitrogens with zero attached hydrogens (tertiary/aromatic N) is 3. The Morgan fingerprint density at radius 2 is 1.90 bits per heavy atom. The molecule has 1 rings (SSSR count). The molecule has 0 radical (unpaired) electrons. The fraction of sp³-hybridized carbons (Fsp3) is 1.00. The summed E-state index contributed by atoms with van der Waals surface area (Å²) in [5, 5.41) is 41.4. The first-order chi connectivity index (χ1) is 9.61. The quantitative estimate of drug-likeness (QED) is 0.201. The summed E-state index contributed by atoms with van der Waals surface area (Å²) in [6, 6.07) is 0. The second-order valence-electron chi connectivity index (χ2n) is 4.58. The lowest BCUT2D eigenvalue weighted by Crippen LogP contribution is -2.59. The maximum atomic E-state index is 9.85. The van der Waals surface area contributed by atoms with Gasteiger partial charge < -0.3 is 29.9 Å². The molecule has 1 heterocycles. The SMILES string of the molecule is [N-]=[N+]=NCCCCCO[C@H]1[C@H](O)[C@@H](CO)OC(O)[C@@H]1O. The van der Waals surface area contributed by atoms with Crippen LogP contribution in [0.1, 0.15) is 19.3 Å².